The van der Waals surface area contributed by atoms with E-state index in [1.807, 2.05) is 60.6 Å². The van der Waals surface area contributed by atoms with E-state index >= 15 is 0 Å². The lowest BCUT2D eigenvalue weighted by molar-refractivity contribution is -0.121. The highest BCUT2D eigenvalue weighted by Gasteiger charge is 2.15. The molecule has 0 spiro atoms. The molecule has 0 fully saturated rings. The monoisotopic (exact) mass is 340 g/mol. The summed E-state index contributed by atoms with van der Waals surface area (Å²) in [4.78, 5) is 17.7. The summed E-state index contributed by atoms with van der Waals surface area (Å²) in [6.07, 6.45) is 4.85. The zero-order valence-electron chi connectivity index (χ0n) is 13.8. The highest BCUT2D eigenvalue weighted by molar-refractivity contribution is 7.09. The van der Waals surface area contributed by atoms with Crippen LogP contribution in [-0.4, -0.2) is 20.7 Å². The Morgan fingerprint density at radius 2 is 2.17 bits per heavy atom. The fourth-order valence-corrected chi connectivity index (χ4v) is 3.44. The summed E-state index contributed by atoms with van der Waals surface area (Å²) in [7, 11) is 0. The third-order valence-electron chi connectivity index (χ3n) is 3.96. The molecule has 5 nitrogen and oxygen atoms in total. The third kappa shape index (κ3) is 3.71. The van der Waals surface area contributed by atoms with Gasteiger partial charge in [-0.05, 0) is 38.0 Å². The summed E-state index contributed by atoms with van der Waals surface area (Å²) in [5.74, 6) is 0.0468. The fraction of sp³-hybridized carbons (Fsp3) is 0.278. The molecule has 24 heavy (non-hydrogen) atoms. The van der Waals surface area contributed by atoms with E-state index in [1.165, 1.54) is 4.88 Å². The molecule has 2 heterocycles. The molecule has 0 saturated heterocycles. The largest absolute Gasteiger partial charge is 0.349 e. The standard InChI is InChI=1S/C18H20N4OS/c1-13(21-18(23)9-8-17-14(2)19-12-24-17)15-6-3-4-7-16(15)22-11-5-10-20-22/h3-7,10-13H,8-9H2,1-2H3,(H,21,23). The van der Waals surface area contributed by atoms with E-state index in [0.29, 0.717) is 6.42 Å². The van der Waals surface area contributed by atoms with Gasteiger partial charge < -0.3 is 5.32 Å². The van der Waals surface area contributed by atoms with Crippen molar-refractivity contribution in [2.24, 2.45) is 0 Å². The van der Waals surface area contributed by atoms with Gasteiger partial charge in [-0.2, -0.15) is 5.10 Å². The molecule has 124 valence electrons. The van der Waals surface area contributed by atoms with E-state index in [0.717, 1.165) is 23.4 Å². The van der Waals surface area contributed by atoms with E-state index < -0.39 is 0 Å². The Morgan fingerprint density at radius 3 is 2.88 bits per heavy atom. The Kier molecular flexibility index (Phi) is 5.05. The van der Waals surface area contributed by atoms with Gasteiger partial charge in [0.05, 0.1) is 22.9 Å². The zero-order valence-corrected chi connectivity index (χ0v) is 14.6. The number of carbonyl (C=O) groups excluding carboxylic acids is 1. The number of nitrogens with zero attached hydrogens (tertiary/aromatic N) is 3. The van der Waals surface area contributed by atoms with Crippen molar-refractivity contribution in [1.82, 2.24) is 20.1 Å². The van der Waals surface area contributed by atoms with Gasteiger partial charge >= 0.3 is 0 Å². The first-order chi connectivity index (χ1) is 11.6. The van der Waals surface area contributed by atoms with Gasteiger partial charge in [-0.3, -0.25) is 4.79 Å². The summed E-state index contributed by atoms with van der Waals surface area (Å²) in [6.45, 7) is 3.98. The van der Waals surface area contributed by atoms with Crippen molar-refractivity contribution in [2.45, 2.75) is 32.7 Å². The molecule has 0 aliphatic carbocycles. The number of carbonyl (C=O) groups is 1. The van der Waals surface area contributed by atoms with Crippen molar-refractivity contribution in [3.63, 3.8) is 0 Å². The van der Waals surface area contributed by atoms with Crippen molar-refractivity contribution in [2.75, 3.05) is 0 Å². The molecule has 1 aromatic carbocycles. The topological polar surface area (TPSA) is 59.8 Å². The second kappa shape index (κ2) is 7.40. The highest BCUT2D eigenvalue weighted by atomic mass is 32.1. The van der Waals surface area contributed by atoms with Crippen molar-refractivity contribution in [3.05, 3.63) is 64.4 Å². The quantitative estimate of drug-likeness (QED) is 0.748. The average Bonchev–Trinajstić information content (AvgIpc) is 3.24. The minimum absolute atomic E-state index is 0.0468. The molecular weight excluding hydrogens is 320 g/mol. The lowest BCUT2D eigenvalue weighted by Crippen LogP contribution is -2.27. The number of aryl methyl sites for hydroxylation is 2. The maximum Gasteiger partial charge on any atom is 0.220 e. The van der Waals surface area contributed by atoms with Gasteiger partial charge in [-0.1, -0.05) is 18.2 Å². The molecule has 0 aliphatic heterocycles. The second-order valence-electron chi connectivity index (χ2n) is 5.66. The Labute approximate surface area is 145 Å². The molecule has 1 N–H and O–H groups in total. The van der Waals surface area contributed by atoms with Crippen molar-refractivity contribution < 1.29 is 4.79 Å². The predicted octanol–water partition coefficient (Wildman–Crippen LogP) is 3.45. The lowest BCUT2D eigenvalue weighted by Gasteiger charge is -2.18. The summed E-state index contributed by atoms with van der Waals surface area (Å²) < 4.78 is 1.82. The molecule has 1 amide bonds. The normalized spacial score (nSPS) is 12.1. The van der Waals surface area contributed by atoms with Crippen molar-refractivity contribution >= 4 is 17.2 Å². The van der Waals surface area contributed by atoms with Crippen LogP contribution in [0.1, 0.15) is 35.5 Å². The van der Waals surface area contributed by atoms with Crippen LogP contribution < -0.4 is 5.32 Å². The first-order valence-electron chi connectivity index (χ1n) is 7.92. The fourth-order valence-electron chi connectivity index (χ4n) is 2.66. The Hall–Kier alpha value is -2.47. The molecule has 0 saturated carbocycles. The van der Waals surface area contributed by atoms with Crippen LogP contribution in [0.3, 0.4) is 0 Å². The number of rotatable bonds is 6. The van der Waals surface area contributed by atoms with Gasteiger partial charge in [-0.25, -0.2) is 9.67 Å². The minimum Gasteiger partial charge on any atom is -0.349 e. The van der Waals surface area contributed by atoms with Crippen LogP contribution in [-0.2, 0) is 11.2 Å². The molecule has 6 heteroatoms. The molecule has 3 aromatic rings. The van der Waals surface area contributed by atoms with E-state index in [1.54, 1.807) is 17.5 Å². The number of thiazole rings is 1. The zero-order chi connectivity index (χ0) is 16.9. The second-order valence-corrected chi connectivity index (χ2v) is 6.60. The minimum atomic E-state index is -0.0829. The van der Waals surface area contributed by atoms with Crippen LogP contribution >= 0.6 is 11.3 Å². The summed E-state index contributed by atoms with van der Waals surface area (Å²) in [5, 5.41) is 7.37. The van der Waals surface area contributed by atoms with Gasteiger partial charge in [0.1, 0.15) is 0 Å². The predicted molar refractivity (Wildman–Crippen MR) is 95.3 cm³/mol. The molecule has 1 atom stereocenters. The van der Waals surface area contributed by atoms with Crippen LogP contribution in [0.15, 0.2) is 48.2 Å². The van der Waals surface area contributed by atoms with Crippen LogP contribution in [0.4, 0.5) is 0 Å². The summed E-state index contributed by atoms with van der Waals surface area (Å²) >= 11 is 1.60. The van der Waals surface area contributed by atoms with Crippen LogP contribution in [0.25, 0.3) is 5.69 Å². The smallest absolute Gasteiger partial charge is 0.220 e. The van der Waals surface area contributed by atoms with E-state index in [4.69, 9.17) is 0 Å². The van der Waals surface area contributed by atoms with Crippen LogP contribution in [0, 0.1) is 6.92 Å². The summed E-state index contributed by atoms with van der Waals surface area (Å²) in [5.41, 5.74) is 4.87. The number of benzene rings is 1. The molecule has 1 unspecified atom stereocenters. The van der Waals surface area contributed by atoms with E-state index in [9.17, 15) is 4.79 Å². The maximum absolute atomic E-state index is 12.3. The molecular formula is C18H20N4OS. The number of nitrogens with one attached hydrogen (secondary N) is 1. The van der Waals surface area contributed by atoms with Gasteiger partial charge in [0, 0.05) is 23.7 Å². The van der Waals surface area contributed by atoms with Crippen molar-refractivity contribution in [3.8, 4) is 5.69 Å². The molecule has 0 radical (unpaired) electrons. The number of hydrogen-bond donors (Lipinski definition) is 1. The van der Waals surface area contributed by atoms with Crippen molar-refractivity contribution in [1.29, 1.82) is 0 Å². The van der Waals surface area contributed by atoms with Crippen LogP contribution in [0.2, 0.25) is 0 Å². The molecule has 3 rings (SSSR count). The lowest BCUT2D eigenvalue weighted by atomic mass is 10.1. The number of para-hydroxylation sites is 1. The first-order valence-corrected chi connectivity index (χ1v) is 8.80. The van der Waals surface area contributed by atoms with Gasteiger partial charge in [-0.15, -0.1) is 11.3 Å². The van der Waals surface area contributed by atoms with Gasteiger partial charge in [0.2, 0.25) is 5.91 Å². The van der Waals surface area contributed by atoms with Crippen LogP contribution in [0.5, 0.6) is 0 Å². The first kappa shape index (κ1) is 16.4. The third-order valence-corrected chi connectivity index (χ3v) is 4.95. The SMILES string of the molecule is Cc1ncsc1CCC(=O)NC(C)c1ccccc1-n1cccn1. The molecule has 0 aliphatic rings. The van der Waals surface area contributed by atoms with Gasteiger partial charge in [0.15, 0.2) is 0 Å². The number of amides is 1. The Morgan fingerprint density at radius 1 is 1.33 bits per heavy atom. The molecule has 2 aromatic heterocycles. The van der Waals surface area contributed by atoms with E-state index in [2.05, 4.69) is 15.4 Å². The average molecular weight is 340 g/mol. The highest BCUT2D eigenvalue weighted by Crippen LogP contribution is 2.21. The number of hydrogen-bond acceptors (Lipinski definition) is 4. The number of aromatic nitrogens is 3. The molecule has 0 bridgehead atoms. The Bertz CT molecular complexity index is 810. The maximum atomic E-state index is 12.3. The van der Waals surface area contributed by atoms with E-state index in [-0.39, 0.29) is 11.9 Å². The Balaban J connectivity index is 1.66. The van der Waals surface area contributed by atoms with Gasteiger partial charge in [0.25, 0.3) is 0 Å². The summed E-state index contributed by atoms with van der Waals surface area (Å²) in [6, 6.07) is 9.78.